The van der Waals surface area contributed by atoms with Gasteiger partial charge in [0.1, 0.15) is 6.07 Å². The second-order valence-corrected chi connectivity index (χ2v) is 3.33. The Morgan fingerprint density at radius 2 is 1.93 bits per heavy atom. The fourth-order valence-corrected chi connectivity index (χ4v) is 1.46. The Morgan fingerprint density at radius 3 is 2.64 bits per heavy atom. The standard InChI is InChI=1S/C12H11N2/c1-10(8-13)14-7-6-11-4-2-3-5-12(11)9-14/h2-7,9-10H,1H3/q+1. The van der Waals surface area contributed by atoms with Crippen LogP contribution in [0.2, 0.25) is 0 Å². The molecule has 0 aliphatic carbocycles. The van der Waals surface area contributed by atoms with Crippen LogP contribution in [0.15, 0.2) is 42.7 Å². The first-order valence-corrected chi connectivity index (χ1v) is 4.60. The van der Waals surface area contributed by atoms with Crippen molar-refractivity contribution < 1.29 is 4.57 Å². The third-order valence-electron chi connectivity index (χ3n) is 2.34. The fourth-order valence-electron chi connectivity index (χ4n) is 1.46. The first-order valence-electron chi connectivity index (χ1n) is 4.60. The van der Waals surface area contributed by atoms with Gasteiger partial charge in [0.2, 0.25) is 6.04 Å². The lowest BCUT2D eigenvalue weighted by molar-refractivity contribution is -0.705. The van der Waals surface area contributed by atoms with Gasteiger partial charge in [-0.1, -0.05) is 18.2 Å². The SMILES string of the molecule is CC(C#N)[n+]1ccc2ccccc2c1. The number of hydrogen-bond donors (Lipinski definition) is 0. The molecule has 0 N–H and O–H groups in total. The molecule has 68 valence electrons. The average Bonchev–Trinajstić information content (AvgIpc) is 2.27. The van der Waals surface area contributed by atoms with E-state index >= 15 is 0 Å². The van der Waals surface area contributed by atoms with E-state index in [0.29, 0.717) is 0 Å². The van der Waals surface area contributed by atoms with Crippen LogP contribution in [0.25, 0.3) is 10.8 Å². The first-order chi connectivity index (χ1) is 6.81. The lowest BCUT2D eigenvalue weighted by atomic mass is 10.2. The van der Waals surface area contributed by atoms with Gasteiger partial charge >= 0.3 is 0 Å². The Labute approximate surface area is 83.0 Å². The van der Waals surface area contributed by atoms with E-state index in [-0.39, 0.29) is 6.04 Å². The van der Waals surface area contributed by atoms with Crippen LogP contribution in [0.3, 0.4) is 0 Å². The van der Waals surface area contributed by atoms with Crippen LogP contribution in [0.5, 0.6) is 0 Å². The molecule has 1 heterocycles. The number of aromatic nitrogens is 1. The number of pyridine rings is 1. The van der Waals surface area contributed by atoms with E-state index in [9.17, 15) is 0 Å². The van der Waals surface area contributed by atoms with Crippen molar-refractivity contribution in [2.75, 3.05) is 0 Å². The molecular weight excluding hydrogens is 172 g/mol. The van der Waals surface area contributed by atoms with Gasteiger partial charge in [-0.3, -0.25) is 0 Å². The molecule has 0 saturated carbocycles. The predicted octanol–water partition coefficient (Wildman–Crippen LogP) is 2.21. The van der Waals surface area contributed by atoms with Crippen LogP contribution in [-0.4, -0.2) is 0 Å². The summed E-state index contributed by atoms with van der Waals surface area (Å²) in [5.74, 6) is 0. The molecule has 0 aliphatic rings. The van der Waals surface area contributed by atoms with Gasteiger partial charge in [0.05, 0.1) is 0 Å². The molecular formula is C12H11N2+. The molecule has 0 saturated heterocycles. The maximum atomic E-state index is 8.79. The molecule has 2 nitrogen and oxygen atoms in total. The van der Waals surface area contributed by atoms with E-state index < -0.39 is 0 Å². The summed E-state index contributed by atoms with van der Waals surface area (Å²) in [4.78, 5) is 0. The number of hydrogen-bond acceptors (Lipinski definition) is 1. The molecule has 0 spiro atoms. The molecule has 1 atom stereocenters. The third-order valence-corrected chi connectivity index (χ3v) is 2.34. The molecule has 0 bridgehead atoms. The molecule has 2 aromatic rings. The minimum absolute atomic E-state index is 0.111. The molecule has 0 aliphatic heterocycles. The van der Waals surface area contributed by atoms with Gasteiger partial charge in [-0.2, -0.15) is 9.83 Å². The van der Waals surface area contributed by atoms with Crippen molar-refractivity contribution in [1.82, 2.24) is 0 Å². The Bertz CT molecular complexity index is 497. The number of nitriles is 1. The summed E-state index contributed by atoms with van der Waals surface area (Å²) in [6, 6.07) is 12.3. The molecule has 1 aromatic heterocycles. The summed E-state index contributed by atoms with van der Waals surface area (Å²) in [5.41, 5.74) is 0. The highest BCUT2D eigenvalue weighted by Gasteiger charge is 2.10. The van der Waals surface area contributed by atoms with Crippen LogP contribution < -0.4 is 4.57 Å². The van der Waals surface area contributed by atoms with Crippen molar-refractivity contribution in [3.8, 4) is 6.07 Å². The van der Waals surface area contributed by atoms with Gasteiger partial charge in [-0.05, 0) is 11.5 Å². The Kier molecular flexibility index (Phi) is 2.16. The van der Waals surface area contributed by atoms with Crippen molar-refractivity contribution in [1.29, 1.82) is 5.26 Å². The second kappa shape index (κ2) is 3.47. The maximum Gasteiger partial charge on any atom is 0.240 e. The second-order valence-electron chi connectivity index (χ2n) is 3.33. The zero-order valence-corrected chi connectivity index (χ0v) is 8.01. The molecule has 2 heteroatoms. The van der Waals surface area contributed by atoms with Gasteiger partial charge in [0.15, 0.2) is 12.4 Å². The monoisotopic (exact) mass is 183 g/mol. The van der Waals surface area contributed by atoms with Gasteiger partial charge in [-0.15, -0.1) is 0 Å². The smallest absolute Gasteiger partial charge is 0.191 e. The molecule has 1 aromatic carbocycles. The van der Waals surface area contributed by atoms with E-state index in [0.717, 1.165) is 5.39 Å². The van der Waals surface area contributed by atoms with E-state index in [1.54, 1.807) is 0 Å². The maximum absolute atomic E-state index is 8.79. The lowest BCUT2D eigenvalue weighted by Gasteiger charge is -1.99. The highest BCUT2D eigenvalue weighted by atomic mass is 15.0. The Hall–Kier alpha value is -1.88. The third kappa shape index (κ3) is 1.45. The topological polar surface area (TPSA) is 27.7 Å². The Morgan fingerprint density at radius 1 is 1.21 bits per heavy atom. The highest BCUT2D eigenvalue weighted by molar-refractivity contribution is 5.80. The van der Waals surface area contributed by atoms with Crippen molar-refractivity contribution in [2.24, 2.45) is 0 Å². The molecule has 2 rings (SSSR count). The summed E-state index contributed by atoms with van der Waals surface area (Å²) in [6.45, 7) is 1.88. The molecule has 0 radical (unpaired) electrons. The van der Waals surface area contributed by atoms with E-state index in [1.807, 2.05) is 42.1 Å². The van der Waals surface area contributed by atoms with Crippen molar-refractivity contribution in [2.45, 2.75) is 13.0 Å². The highest BCUT2D eigenvalue weighted by Crippen LogP contribution is 2.10. The minimum Gasteiger partial charge on any atom is -0.191 e. The molecule has 1 unspecified atom stereocenters. The predicted molar refractivity (Wildman–Crippen MR) is 54.5 cm³/mol. The zero-order valence-electron chi connectivity index (χ0n) is 8.01. The largest absolute Gasteiger partial charge is 0.240 e. The van der Waals surface area contributed by atoms with Crippen LogP contribution in [-0.2, 0) is 0 Å². The number of fused-ring (bicyclic) bond motifs is 1. The summed E-state index contributed by atoms with van der Waals surface area (Å²) in [5, 5.41) is 11.2. The summed E-state index contributed by atoms with van der Waals surface area (Å²) >= 11 is 0. The van der Waals surface area contributed by atoms with Crippen molar-refractivity contribution in [3.05, 3.63) is 42.7 Å². The average molecular weight is 183 g/mol. The lowest BCUT2D eigenvalue weighted by Crippen LogP contribution is -2.35. The van der Waals surface area contributed by atoms with E-state index in [4.69, 9.17) is 5.26 Å². The van der Waals surface area contributed by atoms with Gasteiger partial charge in [0, 0.05) is 18.4 Å². The number of rotatable bonds is 1. The van der Waals surface area contributed by atoms with Crippen LogP contribution in [0, 0.1) is 11.3 Å². The molecule has 0 fully saturated rings. The fraction of sp³-hybridized carbons (Fsp3) is 0.167. The van der Waals surface area contributed by atoms with Gasteiger partial charge < -0.3 is 0 Å². The van der Waals surface area contributed by atoms with E-state index in [1.165, 1.54) is 5.39 Å². The first kappa shape index (κ1) is 8.71. The quantitative estimate of drug-likeness (QED) is 0.623. The Balaban J connectivity index is 2.58. The normalized spacial score (nSPS) is 12.3. The van der Waals surface area contributed by atoms with Crippen LogP contribution >= 0.6 is 0 Å². The van der Waals surface area contributed by atoms with Crippen molar-refractivity contribution >= 4 is 10.8 Å². The van der Waals surface area contributed by atoms with Crippen LogP contribution in [0.1, 0.15) is 13.0 Å². The molecule has 14 heavy (non-hydrogen) atoms. The van der Waals surface area contributed by atoms with E-state index in [2.05, 4.69) is 18.2 Å². The number of benzene rings is 1. The van der Waals surface area contributed by atoms with Gasteiger partial charge in [0.25, 0.3) is 0 Å². The summed E-state index contributed by atoms with van der Waals surface area (Å²) < 4.78 is 1.92. The zero-order chi connectivity index (χ0) is 9.97. The molecule has 0 amide bonds. The summed E-state index contributed by atoms with van der Waals surface area (Å²) in [6.07, 6.45) is 3.94. The van der Waals surface area contributed by atoms with Crippen LogP contribution in [0.4, 0.5) is 0 Å². The number of nitrogens with zero attached hydrogens (tertiary/aromatic N) is 2. The van der Waals surface area contributed by atoms with Gasteiger partial charge in [-0.25, -0.2) is 0 Å². The minimum atomic E-state index is -0.111. The van der Waals surface area contributed by atoms with Crippen molar-refractivity contribution in [3.63, 3.8) is 0 Å². The summed E-state index contributed by atoms with van der Waals surface area (Å²) in [7, 11) is 0.